The van der Waals surface area contributed by atoms with Crippen molar-refractivity contribution in [3.63, 3.8) is 0 Å². The van der Waals surface area contributed by atoms with E-state index in [1.807, 2.05) is 31.7 Å². The molecule has 0 bridgehead atoms. The fraction of sp³-hybridized carbons (Fsp3) is 0.500. The molecule has 1 saturated heterocycles. The van der Waals surface area contributed by atoms with Crippen molar-refractivity contribution in [1.29, 1.82) is 0 Å². The second kappa shape index (κ2) is 6.26. The number of morpholine rings is 1. The molecule has 0 aromatic heterocycles. The number of ether oxygens (including phenoxy) is 1. The molecule has 1 aromatic carbocycles. The van der Waals surface area contributed by atoms with E-state index in [1.54, 1.807) is 12.1 Å². The van der Waals surface area contributed by atoms with Gasteiger partial charge in [0.15, 0.2) is 0 Å². The first-order valence-corrected chi connectivity index (χ1v) is 7.19. The largest absolute Gasteiger partial charge is 0.375 e. The maximum atomic E-state index is 12.7. The Labute approximate surface area is 125 Å². The van der Waals surface area contributed by atoms with Gasteiger partial charge in [-0.15, -0.1) is 0 Å². The van der Waals surface area contributed by atoms with Crippen molar-refractivity contribution in [3.05, 3.63) is 29.3 Å². The lowest BCUT2D eigenvalue weighted by Gasteiger charge is -2.37. The SMILES string of the molecule is CC(=O)Nc1cc(C(=O)N2CC(C)OCC2C)ccc1C. The predicted octanol–water partition coefficient (Wildman–Crippen LogP) is 2.20. The summed E-state index contributed by atoms with van der Waals surface area (Å²) in [6.45, 7) is 8.44. The highest BCUT2D eigenvalue weighted by Crippen LogP contribution is 2.20. The van der Waals surface area contributed by atoms with Crippen LogP contribution in [0.15, 0.2) is 18.2 Å². The minimum atomic E-state index is -0.143. The molecule has 2 atom stereocenters. The molecule has 21 heavy (non-hydrogen) atoms. The predicted molar refractivity (Wildman–Crippen MR) is 81.4 cm³/mol. The number of amides is 2. The maximum Gasteiger partial charge on any atom is 0.254 e. The van der Waals surface area contributed by atoms with Gasteiger partial charge in [-0.3, -0.25) is 9.59 Å². The number of aryl methyl sites for hydroxylation is 1. The highest BCUT2D eigenvalue weighted by molar-refractivity contribution is 5.97. The van der Waals surface area contributed by atoms with Crippen molar-refractivity contribution in [1.82, 2.24) is 4.90 Å². The average Bonchev–Trinajstić information content (AvgIpc) is 2.42. The van der Waals surface area contributed by atoms with Crippen LogP contribution in [0.1, 0.15) is 36.7 Å². The van der Waals surface area contributed by atoms with E-state index in [2.05, 4.69) is 5.32 Å². The monoisotopic (exact) mass is 290 g/mol. The first-order chi connectivity index (χ1) is 9.88. The number of carbonyl (C=O) groups excluding carboxylic acids is 2. The Morgan fingerprint density at radius 3 is 2.71 bits per heavy atom. The molecule has 0 spiro atoms. The fourth-order valence-corrected chi connectivity index (χ4v) is 2.43. The molecule has 1 fully saturated rings. The fourth-order valence-electron chi connectivity index (χ4n) is 2.43. The molecule has 1 aliphatic rings. The van der Waals surface area contributed by atoms with Gasteiger partial charge < -0.3 is 15.0 Å². The van der Waals surface area contributed by atoms with Crippen LogP contribution in [0.5, 0.6) is 0 Å². The zero-order valence-electron chi connectivity index (χ0n) is 13.0. The van der Waals surface area contributed by atoms with E-state index in [4.69, 9.17) is 4.74 Å². The lowest BCUT2D eigenvalue weighted by atomic mass is 10.1. The molecule has 114 valence electrons. The Bertz CT molecular complexity index is 556. The molecule has 0 aliphatic carbocycles. The number of nitrogens with zero attached hydrogens (tertiary/aromatic N) is 1. The quantitative estimate of drug-likeness (QED) is 0.908. The van der Waals surface area contributed by atoms with Crippen LogP contribution in [0.2, 0.25) is 0 Å². The summed E-state index contributed by atoms with van der Waals surface area (Å²) in [7, 11) is 0. The highest BCUT2D eigenvalue weighted by atomic mass is 16.5. The van der Waals surface area contributed by atoms with Gasteiger partial charge in [0.2, 0.25) is 5.91 Å². The van der Waals surface area contributed by atoms with Crippen LogP contribution in [0.3, 0.4) is 0 Å². The van der Waals surface area contributed by atoms with Gasteiger partial charge in [0.1, 0.15) is 0 Å². The summed E-state index contributed by atoms with van der Waals surface area (Å²) in [5, 5.41) is 2.76. The standard InChI is InChI=1S/C16H22N2O3/c1-10-5-6-14(7-15(10)17-13(4)19)16(20)18-8-12(3)21-9-11(18)2/h5-7,11-12H,8-9H2,1-4H3,(H,17,19). The van der Waals surface area contributed by atoms with Crippen LogP contribution in [0, 0.1) is 6.92 Å². The van der Waals surface area contributed by atoms with Crippen LogP contribution in [-0.4, -0.2) is 42.0 Å². The Hall–Kier alpha value is -1.88. The third-order valence-electron chi connectivity index (χ3n) is 3.66. The summed E-state index contributed by atoms with van der Waals surface area (Å²) in [6.07, 6.45) is 0.0467. The summed E-state index contributed by atoms with van der Waals surface area (Å²) >= 11 is 0. The van der Waals surface area contributed by atoms with Gasteiger partial charge in [0.05, 0.1) is 18.8 Å². The molecule has 2 unspecified atom stereocenters. The van der Waals surface area contributed by atoms with E-state index in [0.717, 1.165) is 5.56 Å². The van der Waals surface area contributed by atoms with E-state index in [1.165, 1.54) is 6.92 Å². The summed E-state index contributed by atoms with van der Waals surface area (Å²) in [6, 6.07) is 5.45. The Balaban J connectivity index is 2.24. The van der Waals surface area contributed by atoms with Gasteiger partial charge >= 0.3 is 0 Å². The number of hydrogen-bond donors (Lipinski definition) is 1. The van der Waals surface area contributed by atoms with Crippen LogP contribution in [-0.2, 0) is 9.53 Å². The van der Waals surface area contributed by atoms with Gasteiger partial charge in [-0.25, -0.2) is 0 Å². The van der Waals surface area contributed by atoms with Crippen molar-refractivity contribution in [2.24, 2.45) is 0 Å². The molecule has 5 heteroatoms. The number of carbonyl (C=O) groups is 2. The van der Waals surface area contributed by atoms with E-state index in [0.29, 0.717) is 24.4 Å². The van der Waals surface area contributed by atoms with Crippen LogP contribution in [0.4, 0.5) is 5.69 Å². The molecule has 2 amide bonds. The molecular formula is C16H22N2O3. The van der Waals surface area contributed by atoms with E-state index in [9.17, 15) is 9.59 Å². The first kappa shape index (κ1) is 15.5. The second-order valence-electron chi connectivity index (χ2n) is 5.66. The summed E-state index contributed by atoms with van der Waals surface area (Å²) in [4.78, 5) is 25.7. The summed E-state index contributed by atoms with van der Waals surface area (Å²) < 4.78 is 5.55. The van der Waals surface area contributed by atoms with Gasteiger partial charge in [-0.2, -0.15) is 0 Å². The summed E-state index contributed by atoms with van der Waals surface area (Å²) in [5.41, 5.74) is 2.21. The normalized spacial score (nSPS) is 22.0. The molecule has 1 aromatic rings. The maximum absolute atomic E-state index is 12.7. The molecule has 2 rings (SSSR count). The first-order valence-electron chi connectivity index (χ1n) is 7.19. The number of rotatable bonds is 2. The lowest BCUT2D eigenvalue weighted by molar-refractivity contribution is -0.114. The van der Waals surface area contributed by atoms with Crippen molar-refractivity contribution in [2.75, 3.05) is 18.5 Å². The average molecular weight is 290 g/mol. The molecule has 1 aliphatic heterocycles. The van der Waals surface area contributed by atoms with E-state index in [-0.39, 0.29) is 24.0 Å². The van der Waals surface area contributed by atoms with Gasteiger partial charge in [0.25, 0.3) is 5.91 Å². The minimum absolute atomic E-state index is 0.0238. The topological polar surface area (TPSA) is 58.6 Å². The van der Waals surface area contributed by atoms with E-state index >= 15 is 0 Å². The van der Waals surface area contributed by atoms with E-state index < -0.39 is 0 Å². The molecule has 0 saturated carbocycles. The number of nitrogens with one attached hydrogen (secondary N) is 1. The van der Waals surface area contributed by atoms with Gasteiger partial charge in [-0.05, 0) is 38.5 Å². The smallest absolute Gasteiger partial charge is 0.254 e. The van der Waals surface area contributed by atoms with Gasteiger partial charge in [-0.1, -0.05) is 6.07 Å². The number of hydrogen-bond acceptors (Lipinski definition) is 3. The Morgan fingerprint density at radius 1 is 1.33 bits per heavy atom. The van der Waals surface area contributed by atoms with Crippen LogP contribution in [0.25, 0.3) is 0 Å². The third kappa shape index (κ3) is 3.61. The molecule has 1 N–H and O–H groups in total. The van der Waals surface area contributed by atoms with Crippen molar-refractivity contribution < 1.29 is 14.3 Å². The minimum Gasteiger partial charge on any atom is -0.375 e. The van der Waals surface area contributed by atoms with Gasteiger partial charge in [0, 0.05) is 24.7 Å². The van der Waals surface area contributed by atoms with Crippen molar-refractivity contribution in [2.45, 2.75) is 39.8 Å². The third-order valence-corrected chi connectivity index (χ3v) is 3.66. The molecule has 5 nitrogen and oxygen atoms in total. The van der Waals surface area contributed by atoms with Crippen LogP contribution >= 0.6 is 0 Å². The zero-order valence-corrected chi connectivity index (χ0v) is 13.0. The number of benzene rings is 1. The molecular weight excluding hydrogens is 268 g/mol. The van der Waals surface area contributed by atoms with Crippen molar-refractivity contribution >= 4 is 17.5 Å². The number of anilines is 1. The zero-order chi connectivity index (χ0) is 15.6. The molecule has 0 radical (unpaired) electrons. The Morgan fingerprint density at radius 2 is 2.05 bits per heavy atom. The van der Waals surface area contributed by atoms with Crippen molar-refractivity contribution in [3.8, 4) is 0 Å². The highest BCUT2D eigenvalue weighted by Gasteiger charge is 2.28. The lowest BCUT2D eigenvalue weighted by Crippen LogP contribution is -2.50. The summed E-state index contributed by atoms with van der Waals surface area (Å²) in [5.74, 6) is -0.166. The second-order valence-corrected chi connectivity index (χ2v) is 5.66. The molecule has 1 heterocycles. The Kier molecular flexibility index (Phi) is 4.63. The van der Waals surface area contributed by atoms with Crippen LogP contribution < -0.4 is 5.32 Å².